The monoisotopic (exact) mass is 184 g/mol. The van der Waals surface area contributed by atoms with Crippen molar-refractivity contribution < 1.29 is 5.11 Å². The molecule has 66 valence electrons. The Kier molecular flexibility index (Phi) is 4.04. The maximum absolute atomic E-state index is 8.72. The molecule has 1 heterocycles. The molecule has 0 aliphatic carbocycles. The molecule has 1 rings (SSSR count). The minimum Gasteiger partial charge on any atom is -0.392 e. The lowest BCUT2D eigenvalue weighted by molar-refractivity contribution is 0.281. The maximum Gasteiger partial charge on any atom is 0.138 e. The average Bonchev–Trinajstić information content (AvgIpc) is 2.15. The van der Waals surface area contributed by atoms with E-state index in [0.717, 1.165) is 22.9 Å². The molecule has 1 aromatic heterocycles. The van der Waals surface area contributed by atoms with Gasteiger partial charge in [0.15, 0.2) is 0 Å². The molecule has 0 amide bonds. The van der Waals surface area contributed by atoms with Crippen LogP contribution >= 0.6 is 11.8 Å². The van der Waals surface area contributed by atoms with Crippen molar-refractivity contribution in [3.8, 4) is 0 Å². The highest BCUT2D eigenvalue weighted by atomic mass is 32.2. The Hall–Kier alpha value is -0.610. The van der Waals surface area contributed by atoms with E-state index >= 15 is 0 Å². The van der Waals surface area contributed by atoms with Crippen LogP contribution in [0, 0.1) is 0 Å². The molecular formula is C8H12N2OS. The van der Waals surface area contributed by atoms with Crippen molar-refractivity contribution in [2.24, 2.45) is 0 Å². The van der Waals surface area contributed by atoms with Crippen LogP contribution in [0.25, 0.3) is 0 Å². The van der Waals surface area contributed by atoms with E-state index in [1.165, 1.54) is 0 Å². The highest BCUT2D eigenvalue weighted by Crippen LogP contribution is 2.06. The molecule has 1 N–H and O–H groups in total. The maximum atomic E-state index is 8.72. The molecule has 0 aliphatic rings. The number of aliphatic hydroxyl groups excluding tert-OH is 1. The summed E-state index contributed by atoms with van der Waals surface area (Å²) in [6.45, 7) is 2.12. The summed E-state index contributed by atoms with van der Waals surface area (Å²) in [6.07, 6.45) is 3.33. The zero-order valence-corrected chi connectivity index (χ0v) is 7.84. The summed E-state index contributed by atoms with van der Waals surface area (Å²) in [7, 11) is 0. The van der Waals surface area contributed by atoms with Gasteiger partial charge < -0.3 is 5.11 Å². The van der Waals surface area contributed by atoms with Crippen molar-refractivity contribution in [2.45, 2.75) is 19.3 Å². The van der Waals surface area contributed by atoms with Gasteiger partial charge in [-0.05, 0) is 5.75 Å². The molecule has 0 bridgehead atoms. The van der Waals surface area contributed by atoms with Gasteiger partial charge in [0.2, 0.25) is 0 Å². The van der Waals surface area contributed by atoms with Crippen LogP contribution in [0.1, 0.15) is 18.3 Å². The van der Waals surface area contributed by atoms with Gasteiger partial charge in [-0.15, -0.1) is 0 Å². The second-order valence-corrected chi connectivity index (χ2v) is 3.58. The molecule has 0 aromatic carbocycles. The fraction of sp³-hybridized carbons (Fsp3) is 0.500. The van der Waals surface area contributed by atoms with E-state index in [9.17, 15) is 0 Å². The third-order valence-corrected chi connectivity index (χ3v) is 2.25. The van der Waals surface area contributed by atoms with Gasteiger partial charge in [0.25, 0.3) is 0 Å². The van der Waals surface area contributed by atoms with Crippen LogP contribution in [0.4, 0.5) is 0 Å². The third kappa shape index (κ3) is 2.79. The molecule has 12 heavy (non-hydrogen) atoms. The molecule has 0 aliphatic heterocycles. The van der Waals surface area contributed by atoms with Crippen LogP contribution in [-0.4, -0.2) is 20.8 Å². The Morgan fingerprint density at radius 3 is 2.58 bits per heavy atom. The summed E-state index contributed by atoms with van der Waals surface area (Å²) in [4.78, 5) is 8.19. The van der Waals surface area contributed by atoms with Crippen molar-refractivity contribution in [2.75, 3.05) is 5.75 Å². The number of aromatic nitrogens is 2. The summed E-state index contributed by atoms with van der Waals surface area (Å²) in [5, 5.41) is 8.72. The lowest BCUT2D eigenvalue weighted by Crippen LogP contribution is -1.94. The number of aliphatic hydroxyl groups is 1. The lowest BCUT2D eigenvalue weighted by atomic mass is 10.4. The zero-order valence-electron chi connectivity index (χ0n) is 7.03. The van der Waals surface area contributed by atoms with E-state index in [-0.39, 0.29) is 6.61 Å². The van der Waals surface area contributed by atoms with Crippen LogP contribution in [-0.2, 0) is 12.4 Å². The standard InChI is InChI=1S/C8H12N2OS/c1-2-12-6-8-9-3-7(5-11)4-10-8/h3-4,11H,2,5-6H2,1H3. The smallest absolute Gasteiger partial charge is 0.138 e. The molecule has 0 unspecified atom stereocenters. The summed E-state index contributed by atoms with van der Waals surface area (Å²) in [5.74, 6) is 2.76. The largest absolute Gasteiger partial charge is 0.392 e. The van der Waals surface area contributed by atoms with Gasteiger partial charge in [0.1, 0.15) is 5.82 Å². The molecule has 1 aromatic rings. The fourth-order valence-corrected chi connectivity index (χ4v) is 1.27. The summed E-state index contributed by atoms with van der Waals surface area (Å²) < 4.78 is 0. The normalized spacial score (nSPS) is 10.2. The lowest BCUT2D eigenvalue weighted by Gasteiger charge is -1.98. The Labute approximate surface area is 76.2 Å². The summed E-state index contributed by atoms with van der Waals surface area (Å²) in [6, 6.07) is 0. The Bertz CT molecular complexity index is 225. The Balaban J connectivity index is 2.53. The van der Waals surface area contributed by atoms with Crippen molar-refractivity contribution in [1.82, 2.24) is 9.97 Å². The van der Waals surface area contributed by atoms with Crippen LogP contribution in [0.5, 0.6) is 0 Å². The highest BCUT2D eigenvalue weighted by molar-refractivity contribution is 7.98. The predicted molar refractivity (Wildman–Crippen MR) is 49.8 cm³/mol. The first-order valence-corrected chi connectivity index (χ1v) is 5.00. The molecule has 0 fully saturated rings. The van der Waals surface area contributed by atoms with Gasteiger partial charge in [-0.2, -0.15) is 11.8 Å². The van der Waals surface area contributed by atoms with Crippen LogP contribution in [0.3, 0.4) is 0 Å². The first-order valence-electron chi connectivity index (χ1n) is 3.85. The minimum atomic E-state index is 0.0151. The number of hydrogen-bond donors (Lipinski definition) is 1. The van der Waals surface area contributed by atoms with Crippen molar-refractivity contribution in [1.29, 1.82) is 0 Å². The van der Waals surface area contributed by atoms with Gasteiger partial charge in [0, 0.05) is 18.0 Å². The Morgan fingerprint density at radius 2 is 2.08 bits per heavy atom. The van der Waals surface area contributed by atoms with Gasteiger partial charge >= 0.3 is 0 Å². The number of thioether (sulfide) groups is 1. The van der Waals surface area contributed by atoms with Gasteiger partial charge in [-0.25, -0.2) is 9.97 Å². The average molecular weight is 184 g/mol. The predicted octanol–water partition coefficient (Wildman–Crippen LogP) is 1.22. The van der Waals surface area contributed by atoms with Crippen LogP contribution < -0.4 is 0 Å². The summed E-state index contributed by atoms with van der Waals surface area (Å²) in [5.41, 5.74) is 0.764. The van der Waals surface area contributed by atoms with Crippen molar-refractivity contribution in [3.05, 3.63) is 23.8 Å². The molecule has 0 spiro atoms. The SMILES string of the molecule is CCSCc1ncc(CO)cn1. The molecular weight excluding hydrogens is 172 g/mol. The minimum absolute atomic E-state index is 0.0151. The van der Waals surface area contributed by atoms with Crippen LogP contribution in [0.2, 0.25) is 0 Å². The molecule has 0 saturated heterocycles. The second kappa shape index (κ2) is 5.11. The topological polar surface area (TPSA) is 46.0 Å². The number of hydrogen-bond acceptors (Lipinski definition) is 4. The molecule has 4 heteroatoms. The first-order chi connectivity index (χ1) is 5.86. The van der Waals surface area contributed by atoms with E-state index in [1.807, 2.05) is 0 Å². The zero-order chi connectivity index (χ0) is 8.81. The quantitative estimate of drug-likeness (QED) is 0.764. The van der Waals surface area contributed by atoms with Gasteiger partial charge in [-0.1, -0.05) is 6.92 Å². The van der Waals surface area contributed by atoms with E-state index in [0.29, 0.717) is 0 Å². The molecule has 0 radical (unpaired) electrons. The van der Waals surface area contributed by atoms with Crippen molar-refractivity contribution >= 4 is 11.8 Å². The van der Waals surface area contributed by atoms with Gasteiger partial charge in [-0.3, -0.25) is 0 Å². The van der Waals surface area contributed by atoms with E-state index in [2.05, 4.69) is 16.9 Å². The third-order valence-electron chi connectivity index (χ3n) is 1.38. The first kappa shape index (κ1) is 9.48. The summed E-state index contributed by atoms with van der Waals surface area (Å²) >= 11 is 1.79. The number of rotatable bonds is 4. The Morgan fingerprint density at radius 1 is 1.42 bits per heavy atom. The second-order valence-electron chi connectivity index (χ2n) is 2.30. The van der Waals surface area contributed by atoms with E-state index < -0.39 is 0 Å². The highest BCUT2D eigenvalue weighted by Gasteiger charge is 1.95. The molecule has 0 atom stereocenters. The van der Waals surface area contributed by atoms with Crippen LogP contribution in [0.15, 0.2) is 12.4 Å². The van der Waals surface area contributed by atoms with Gasteiger partial charge in [0.05, 0.1) is 12.4 Å². The number of nitrogens with zero attached hydrogens (tertiary/aromatic N) is 2. The fourth-order valence-electron chi connectivity index (χ4n) is 0.731. The van der Waals surface area contributed by atoms with E-state index in [4.69, 9.17) is 5.11 Å². The molecule has 3 nitrogen and oxygen atoms in total. The van der Waals surface area contributed by atoms with E-state index in [1.54, 1.807) is 24.2 Å². The van der Waals surface area contributed by atoms with Crippen molar-refractivity contribution in [3.63, 3.8) is 0 Å². The molecule has 0 saturated carbocycles.